The lowest BCUT2D eigenvalue weighted by Crippen LogP contribution is -2.33. The summed E-state index contributed by atoms with van der Waals surface area (Å²) in [7, 11) is 0. The van der Waals surface area contributed by atoms with E-state index < -0.39 is 6.10 Å². The van der Waals surface area contributed by atoms with Gasteiger partial charge in [-0.2, -0.15) is 0 Å². The molecule has 4 aromatic rings. The molecule has 0 aliphatic heterocycles. The second kappa shape index (κ2) is 9.92. The van der Waals surface area contributed by atoms with Gasteiger partial charge in [0.05, 0.1) is 5.16 Å². The van der Waals surface area contributed by atoms with Crippen LogP contribution in [0.15, 0.2) is 77.4 Å². The molecule has 160 valence electrons. The van der Waals surface area contributed by atoms with Crippen molar-refractivity contribution in [2.24, 2.45) is 0 Å². The highest BCUT2D eigenvalue weighted by Crippen LogP contribution is 2.25. The van der Waals surface area contributed by atoms with Gasteiger partial charge in [0, 0.05) is 24.0 Å². The fourth-order valence-electron chi connectivity index (χ4n) is 3.21. The number of ether oxygens (including phenoxy) is 2. The molecule has 0 fully saturated rings. The molecule has 1 aromatic heterocycles. The summed E-state index contributed by atoms with van der Waals surface area (Å²) in [6, 6.07) is 22.8. The molecule has 3 aromatic carbocycles. The van der Waals surface area contributed by atoms with Gasteiger partial charge in [-0.25, -0.2) is 0 Å². The van der Waals surface area contributed by atoms with E-state index in [1.807, 2.05) is 60.7 Å². The van der Waals surface area contributed by atoms with Crippen molar-refractivity contribution in [2.75, 3.05) is 26.3 Å². The van der Waals surface area contributed by atoms with Crippen LogP contribution in [-0.4, -0.2) is 42.7 Å². The van der Waals surface area contributed by atoms with Crippen molar-refractivity contribution >= 4 is 10.8 Å². The molecule has 0 aliphatic rings. The molecule has 1 unspecified atom stereocenters. The molecular formula is C23H23N3O5. The maximum Gasteiger partial charge on any atom is 0.402 e. The highest BCUT2D eigenvalue weighted by atomic mass is 16.8. The normalized spacial score (nSPS) is 12.0. The molecule has 0 radical (unpaired) electrons. The van der Waals surface area contributed by atoms with Gasteiger partial charge in [0.15, 0.2) is 0 Å². The van der Waals surface area contributed by atoms with Gasteiger partial charge in [-0.3, -0.25) is 4.63 Å². The minimum atomic E-state index is -0.685. The summed E-state index contributed by atoms with van der Waals surface area (Å²) in [4.78, 5) is 0.326. The number of aromatic nitrogens is 2. The van der Waals surface area contributed by atoms with E-state index in [1.165, 1.54) is 0 Å². The lowest BCUT2D eigenvalue weighted by atomic mass is 10.1. The average Bonchev–Trinajstić information content (AvgIpc) is 3.18. The van der Waals surface area contributed by atoms with Crippen LogP contribution in [0.5, 0.6) is 11.6 Å². The Morgan fingerprint density at radius 1 is 1.00 bits per heavy atom. The van der Waals surface area contributed by atoms with Crippen molar-refractivity contribution in [3.63, 3.8) is 0 Å². The third-order valence-corrected chi connectivity index (χ3v) is 4.71. The smallest absolute Gasteiger partial charge is 0.402 e. The Balaban J connectivity index is 1.21. The third-order valence-electron chi connectivity index (χ3n) is 4.71. The van der Waals surface area contributed by atoms with Gasteiger partial charge in [0.25, 0.3) is 5.69 Å². The van der Waals surface area contributed by atoms with Crippen LogP contribution in [0, 0.1) is 5.21 Å². The lowest BCUT2D eigenvalue weighted by molar-refractivity contribution is -0.793. The fourth-order valence-corrected chi connectivity index (χ4v) is 3.21. The van der Waals surface area contributed by atoms with Crippen molar-refractivity contribution in [2.45, 2.75) is 6.10 Å². The van der Waals surface area contributed by atoms with Gasteiger partial charge in [0.2, 0.25) is 0 Å². The molecule has 1 heterocycles. The van der Waals surface area contributed by atoms with Gasteiger partial charge >= 0.3 is 5.88 Å². The standard InChI is InChI=1S/C23H23N3O5/c27-19(16-30-21-12-6-10-17-7-4-5-11-20(17)21)15-24-13-14-29-23-22(26(28)31-25-23)18-8-2-1-3-9-18/h1-12,19,24,27H,13-16H2. The van der Waals surface area contributed by atoms with Gasteiger partial charge < -0.3 is 25.1 Å². The first-order chi connectivity index (χ1) is 15.2. The van der Waals surface area contributed by atoms with Crippen LogP contribution in [0.2, 0.25) is 0 Å². The Kier molecular flexibility index (Phi) is 6.61. The van der Waals surface area contributed by atoms with Crippen LogP contribution in [0.25, 0.3) is 22.0 Å². The average molecular weight is 421 g/mol. The molecule has 0 aliphatic carbocycles. The van der Waals surface area contributed by atoms with E-state index in [0.717, 1.165) is 16.5 Å². The number of aliphatic hydroxyl groups excluding tert-OH is 1. The van der Waals surface area contributed by atoms with Crippen molar-refractivity contribution in [1.82, 2.24) is 10.5 Å². The predicted octanol–water partition coefficient (Wildman–Crippen LogP) is 2.54. The lowest BCUT2D eigenvalue weighted by Gasteiger charge is -2.14. The van der Waals surface area contributed by atoms with Crippen LogP contribution in [-0.2, 0) is 0 Å². The van der Waals surface area contributed by atoms with Crippen molar-refractivity contribution in [1.29, 1.82) is 0 Å². The summed E-state index contributed by atoms with van der Waals surface area (Å²) < 4.78 is 16.0. The zero-order chi connectivity index (χ0) is 21.5. The van der Waals surface area contributed by atoms with Crippen LogP contribution in [0.3, 0.4) is 0 Å². The van der Waals surface area contributed by atoms with E-state index in [9.17, 15) is 10.3 Å². The molecule has 8 heteroatoms. The quantitative estimate of drug-likeness (QED) is 0.300. The molecule has 0 spiro atoms. The van der Waals surface area contributed by atoms with E-state index in [2.05, 4.69) is 15.1 Å². The second-order valence-corrected chi connectivity index (χ2v) is 6.94. The predicted molar refractivity (Wildman–Crippen MR) is 115 cm³/mol. The largest absolute Gasteiger partial charge is 0.490 e. The molecule has 31 heavy (non-hydrogen) atoms. The Labute approximate surface area is 179 Å². The van der Waals surface area contributed by atoms with E-state index in [1.54, 1.807) is 12.1 Å². The Morgan fingerprint density at radius 2 is 1.77 bits per heavy atom. The summed E-state index contributed by atoms with van der Waals surface area (Å²) in [6.45, 7) is 1.20. The number of rotatable bonds is 10. The molecule has 0 amide bonds. The number of benzene rings is 3. The topological polar surface area (TPSA) is 104 Å². The van der Waals surface area contributed by atoms with Crippen LogP contribution >= 0.6 is 0 Å². The van der Waals surface area contributed by atoms with Gasteiger partial charge in [-0.15, -0.1) is 0 Å². The first-order valence-corrected chi connectivity index (χ1v) is 9.99. The summed E-state index contributed by atoms with van der Waals surface area (Å²) >= 11 is 0. The van der Waals surface area contributed by atoms with Crippen LogP contribution < -0.4 is 19.7 Å². The summed E-state index contributed by atoms with van der Waals surface area (Å²) in [5.74, 6) is 0.869. The van der Waals surface area contributed by atoms with E-state index in [4.69, 9.17) is 9.47 Å². The van der Waals surface area contributed by atoms with Crippen LogP contribution in [0.1, 0.15) is 0 Å². The number of hydrogen-bond acceptors (Lipinski definition) is 7. The van der Waals surface area contributed by atoms with Gasteiger partial charge in [-0.05, 0) is 16.4 Å². The summed E-state index contributed by atoms with van der Waals surface area (Å²) in [5, 5.41) is 30.9. The highest BCUT2D eigenvalue weighted by Gasteiger charge is 2.22. The SMILES string of the molecule is [O-][n+]1onc(OCCNCC(O)COc2cccc3ccccc23)c1-c1ccccc1. The molecule has 0 bridgehead atoms. The van der Waals surface area contributed by atoms with Crippen molar-refractivity contribution < 1.29 is 24.1 Å². The van der Waals surface area contributed by atoms with E-state index in [0.29, 0.717) is 23.6 Å². The van der Waals surface area contributed by atoms with Gasteiger partial charge in [-0.1, -0.05) is 66.7 Å². The third kappa shape index (κ3) is 5.11. The Hall–Kier alpha value is -3.62. The fraction of sp³-hybridized carbons (Fsp3) is 0.217. The van der Waals surface area contributed by atoms with Gasteiger partial charge in [0.1, 0.15) is 25.1 Å². The van der Waals surface area contributed by atoms with Crippen LogP contribution in [0.4, 0.5) is 0 Å². The van der Waals surface area contributed by atoms with Crippen molar-refractivity contribution in [3.8, 4) is 22.9 Å². The first-order valence-electron chi connectivity index (χ1n) is 9.99. The number of nitrogens with one attached hydrogen (secondary N) is 1. The molecule has 1 atom stereocenters. The molecule has 2 N–H and O–H groups in total. The van der Waals surface area contributed by atoms with E-state index >= 15 is 0 Å². The summed E-state index contributed by atoms with van der Waals surface area (Å²) in [5.41, 5.74) is 0.881. The molecule has 0 saturated carbocycles. The van der Waals surface area contributed by atoms with E-state index in [-0.39, 0.29) is 24.8 Å². The Morgan fingerprint density at radius 3 is 2.65 bits per heavy atom. The zero-order valence-corrected chi connectivity index (χ0v) is 16.8. The number of nitrogens with zero attached hydrogens (tertiary/aromatic N) is 2. The number of fused-ring (bicyclic) bond motifs is 1. The maximum absolute atomic E-state index is 11.8. The first kappa shape index (κ1) is 20.6. The summed E-state index contributed by atoms with van der Waals surface area (Å²) in [6.07, 6.45) is -0.685. The number of hydrogen-bond donors (Lipinski definition) is 2. The van der Waals surface area contributed by atoms with Crippen molar-refractivity contribution in [3.05, 3.63) is 78.0 Å². The second-order valence-electron chi connectivity index (χ2n) is 6.94. The molecule has 0 saturated heterocycles. The molecular weight excluding hydrogens is 398 g/mol. The number of aliphatic hydroxyl groups is 1. The highest BCUT2D eigenvalue weighted by molar-refractivity contribution is 5.88. The Bertz CT molecular complexity index is 1110. The minimum absolute atomic E-state index is 0.128. The monoisotopic (exact) mass is 421 g/mol. The molecule has 8 nitrogen and oxygen atoms in total. The maximum atomic E-state index is 11.8. The minimum Gasteiger partial charge on any atom is -0.490 e. The molecule has 4 rings (SSSR count). The zero-order valence-electron chi connectivity index (χ0n) is 16.8.